The molecule has 1 aromatic heterocycles. The first-order chi connectivity index (χ1) is 12.1. The van der Waals surface area contributed by atoms with E-state index in [0.29, 0.717) is 16.6 Å². The number of hydrogen-bond acceptors (Lipinski definition) is 5. The minimum absolute atomic E-state index is 0.117. The van der Waals surface area contributed by atoms with Crippen molar-refractivity contribution in [3.8, 4) is 5.69 Å². The molecular formula is C19H14N4O2. The lowest BCUT2D eigenvalue weighted by Crippen LogP contribution is -2.32. The van der Waals surface area contributed by atoms with E-state index in [9.17, 15) is 9.59 Å². The Kier molecular flexibility index (Phi) is 3.50. The fourth-order valence-corrected chi connectivity index (χ4v) is 2.83. The van der Waals surface area contributed by atoms with Crippen LogP contribution in [0.25, 0.3) is 16.5 Å². The zero-order chi connectivity index (χ0) is 17.4. The third-order valence-electron chi connectivity index (χ3n) is 4.05. The Morgan fingerprint density at radius 2 is 1.52 bits per heavy atom. The standard InChI is InChI=1S/C19H14N4O2/c1-12-20-16(11-23(12)13-7-3-2-4-8-13)21-22-17-18(24)14-9-5-6-10-15(14)19(17)25/h2-11,21H,1H3. The predicted octanol–water partition coefficient (Wildman–Crippen LogP) is 1.86. The van der Waals surface area contributed by atoms with Crippen LogP contribution in [0.1, 0.15) is 5.82 Å². The quantitative estimate of drug-likeness (QED) is 0.582. The molecule has 0 amide bonds. The first kappa shape index (κ1) is 15.0. The van der Waals surface area contributed by atoms with Crippen LogP contribution in [-0.2, 0) is 0 Å². The van der Waals surface area contributed by atoms with Gasteiger partial charge in [-0.25, -0.2) is 4.98 Å². The molecule has 122 valence electrons. The van der Waals surface area contributed by atoms with Gasteiger partial charge in [0, 0.05) is 16.5 Å². The van der Waals surface area contributed by atoms with Gasteiger partial charge in [-0.15, -0.1) is 0 Å². The van der Waals surface area contributed by atoms with Crippen molar-refractivity contribution in [3.05, 3.63) is 92.4 Å². The van der Waals surface area contributed by atoms with Crippen LogP contribution in [0.3, 0.4) is 0 Å². The zero-order valence-electron chi connectivity index (χ0n) is 13.4. The third kappa shape index (κ3) is 2.53. The maximum absolute atomic E-state index is 12.3. The molecule has 6 heteroatoms. The molecule has 0 unspecified atom stereocenters. The molecule has 1 heterocycles. The molecule has 1 N–H and O–H groups in total. The summed E-state index contributed by atoms with van der Waals surface area (Å²) in [5.41, 5.74) is 2.96. The van der Waals surface area contributed by atoms with Crippen LogP contribution in [0, 0.1) is 6.92 Å². The van der Waals surface area contributed by atoms with Crippen LogP contribution in [-0.4, -0.2) is 9.55 Å². The minimum atomic E-state index is -0.368. The smallest absolute Gasteiger partial charge is 0.217 e. The second-order valence-electron chi connectivity index (χ2n) is 5.65. The molecule has 4 rings (SSSR count). The summed E-state index contributed by atoms with van der Waals surface area (Å²) in [5.74, 6) is 1.23. The van der Waals surface area contributed by atoms with Crippen LogP contribution in [0.5, 0.6) is 0 Å². The van der Waals surface area contributed by atoms with Gasteiger partial charge in [-0.3, -0.25) is 15.0 Å². The molecule has 0 saturated carbocycles. The molecule has 0 fully saturated rings. The van der Waals surface area contributed by atoms with Crippen LogP contribution < -0.4 is 21.6 Å². The highest BCUT2D eigenvalue weighted by Crippen LogP contribution is 2.14. The van der Waals surface area contributed by atoms with Gasteiger partial charge in [0.15, 0.2) is 11.2 Å². The molecule has 0 aliphatic rings. The zero-order valence-corrected chi connectivity index (χ0v) is 13.4. The largest absolute Gasteiger partial charge is 0.302 e. The van der Waals surface area contributed by atoms with Gasteiger partial charge >= 0.3 is 0 Å². The third-order valence-corrected chi connectivity index (χ3v) is 4.05. The topological polar surface area (TPSA) is 76.3 Å². The van der Waals surface area contributed by atoms with E-state index in [1.54, 1.807) is 30.5 Å². The Hall–Kier alpha value is -3.54. The van der Waals surface area contributed by atoms with E-state index < -0.39 is 0 Å². The normalized spacial score (nSPS) is 10.9. The highest BCUT2D eigenvalue weighted by Gasteiger charge is 2.10. The monoisotopic (exact) mass is 330 g/mol. The minimum Gasteiger partial charge on any atom is -0.302 e. The lowest BCUT2D eigenvalue weighted by molar-refractivity contribution is 0.975. The summed E-state index contributed by atoms with van der Waals surface area (Å²) in [4.78, 5) is 29.0. The summed E-state index contributed by atoms with van der Waals surface area (Å²) in [7, 11) is 0. The van der Waals surface area contributed by atoms with E-state index in [1.165, 1.54) is 0 Å². The molecular weight excluding hydrogens is 316 g/mol. The van der Waals surface area contributed by atoms with Gasteiger partial charge in [0.25, 0.3) is 0 Å². The highest BCUT2D eigenvalue weighted by atomic mass is 16.1. The van der Waals surface area contributed by atoms with E-state index in [-0.39, 0.29) is 16.2 Å². The number of anilines is 1. The Balaban J connectivity index is 1.74. The number of imidazole rings is 1. The predicted molar refractivity (Wildman–Crippen MR) is 96.3 cm³/mol. The van der Waals surface area contributed by atoms with Gasteiger partial charge < -0.3 is 4.57 Å². The summed E-state index contributed by atoms with van der Waals surface area (Å²) in [6.07, 6.45) is 1.77. The van der Waals surface area contributed by atoms with E-state index in [1.807, 2.05) is 41.8 Å². The number of rotatable bonds is 3. The number of hydrogen-bond donors (Lipinski definition) is 1. The van der Waals surface area contributed by atoms with Gasteiger partial charge in [-0.1, -0.05) is 42.5 Å². The Morgan fingerprint density at radius 3 is 2.16 bits per heavy atom. The molecule has 0 aliphatic carbocycles. The van der Waals surface area contributed by atoms with Crippen molar-refractivity contribution in [2.45, 2.75) is 6.92 Å². The van der Waals surface area contributed by atoms with E-state index in [2.05, 4.69) is 15.5 Å². The number of aryl methyl sites for hydroxylation is 1. The number of nitrogens with zero attached hydrogens (tertiary/aromatic N) is 3. The Morgan fingerprint density at radius 1 is 0.920 bits per heavy atom. The summed E-state index contributed by atoms with van der Waals surface area (Å²) < 4.78 is 1.90. The van der Waals surface area contributed by atoms with Crippen molar-refractivity contribution in [3.63, 3.8) is 0 Å². The molecule has 0 atom stereocenters. The molecule has 25 heavy (non-hydrogen) atoms. The molecule has 0 bridgehead atoms. The summed E-state index contributed by atoms with van der Waals surface area (Å²) >= 11 is 0. The maximum Gasteiger partial charge on any atom is 0.217 e. The van der Waals surface area contributed by atoms with Crippen molar-refractivity contribution in [1.29, 1.82) is 0 Å². The van der Waals surface area contributed by atoms with Crippen LogP contribution in [0.2, 0.25) is 0 Å². The van der Waals surface area contributed by atoms with Gasteiger partial charge in [0.05, 0.1) is 6.20 Å². The number of nitrogens with one attached hydrogen (secondary N) is 1. The fraction of sp³-hybridized carbons (Fsp3) is 0.0526. The lowest BCUT2D eigenvalue weighted by Gasteiger charge is -2.02. The first-order valence-electron chi connectivity index (χ1n) is 7.78. The Bertz CT molecular complexity index is 1170. The first-order valence-corrected chi connectivity index (χ1v) is 7.78. The van der Waals surface area contributed by atoms with Crippen LogP contribution in [0.4, 0.5) is 5.82 Å². The summed E-state index contributed by atoms with van der Waals surface area (Å²) in [6.45, 7) is 1.87. The van der Waals surface area contributed by atoms with E-state index in [4.69, 9.17) is 0 Å². The van der Waals surface area contributed by atoms with Gasteiger partial charge in [0.1, 0.15) is 5.82 Å². The average molecular weight is 330 g/mol. The molecule has 0 saturated heterocycles. The van der Waals surface area contributed by atoms with Crippen molar-refractivity contribution in [2.75, 3.05) is 5.43 Å². The van der Waals surface area contributed by atoms with Crippen LogP contribution >= 0.6 is 0 Å². The van der Waals surface area contributed by atoms with Crippen molar-refractivity contribution in [2.24, 2.45) is 5.10 Å². The second-order valence-corrected chi connectivity index (χ2v) is 5.65. The van der Waals surface area contributed by atoms with Gasteiger partial charge in [-0.05, 0) is 19.1 Å². The number of benzene rings is 2. The average Bonchev–Trinajstić information content (AvgIpc) is 3.13. The number of fused-ring (bicyclic) bond motifs is 1. The molecule has 4 aromatic rings. The number of aromatic nitrogens is 2. The van der Waals surface area contributed by atoms with E-state index in [0.717, 1.165) is 11.5 Å². The van der Waals surface area contributed by atoms with E-state index >= 15 is 0 Å². The van der Waals surface area contributed by atoms with Crippen molar-refractivity contribution in [1.82, 2.24) is 9.55 Å². The van der Waals surface area contributed by atoms with Gasteiger partial charge in [0.2, 0.25) is 10.9 Å². The molecule has 6 nitrogen and oxygen atoms in total. The summed E-state index contributed by atoms with van der Waals surface area (Å²) in [6, 6.07) is 16.5. The number of para-hydroxylation sites is 1. The van der Waals surface area contributed by atoms with Crippen molar-refractivity contribution >= 4 is 16.6 Å². The molecule has 0 radical (unpaired) electrons. The molecule has 3 aromatic carbocycles. The van der Waals surface area contributed by atoms with Crippen LogP contribution in [0.15, 0.2) is 75.5 Å². The Labute approximate surface area is 142 Å². The van der Waals surface area contributed by atoms with Gasteiger partial charge in [-0.2, -0.15) is 5.10 Å². The fourth-order valence-electron chi connectivity index (χ4n) is 2.83. The highest BCUT2D eigenvalue weighted by molar-refractivity contribution is 5.83. The summed E-state index contributed by atoms with van der Waals surface area (Å²) in [5, 5.41) is 4.67. The molecule has 0 spiro atoms. The SMILES string of the molecule is Cc1nc(NN=c2c(=O)c3ccccc3c2=O)cn1-c1ccccc1. The van der Waals surface area contributed by atoms with Crippen molar-refractivity contribution < 1.29 is 0 Å². The maximum atomic E-state index is 12.3. The second kappa shape index (κ2) is 5.83. The lowest BCUT2D eigenvalue weighted by atomic mass is 10.2. The molecule has 0 aliphatic heterocycles.